The molecule has 0 saturated carbocycles. The predicted octanol–water partition coefficient (Wildman–Crippen LogP) is 1.95. The van der Waals surface area contributed by atoms with Crippen LogP contribution in [0.15, 0.2) is 59.5 Å². The Bertz CT molecular complexity index is 907. The Morgan fingerprint density at radius 1 is 1.17 bits per heavy atom. The topological polar surface area (TPSA) is 64.9 Å². The molecule has 4 rings (SSSR count). The van der Waals surface area contributed by atoms with Crippen molar-refractivity contribution in [2.45, 2.75) is 6.10 Å². The Kier molecular flexibility index (Phi) is 3.34. The number of fused-ring (bicyclic) bond motifs is 2. The largest absolute Gasteiger partial charge is 0.486 e. The van der Waals surface area contributed by atoms with E-state index in [2.05, 4.69) is 10.3 Å². The van der Waals surface area contributed by atoms with E-state index in [-0.39, 0.29) is 11.7 Å². The quantitative estimate of drug-likeness (QED) is 0.801. The molecule has 0 aliphatic carbocycles. The Labute approximate surface area is 132 Å². The van der Waals surface area contributed by atoms with Crippen LogP contribution in [-0.2, 0) is 0 Å². The third-order valence-electron chi connectivity index (χ3n) is 3.65. The second-order valence-corrected chi connectivity index (χ2v) is 5.29. The van der Waals surface area contributed by atoms with Crippen LogP contribution in [-0.4, -0.2) is 28.6 Å². The van der Waals surface area contributed by atoms with Crippen molar-refractivity contribution in [2.75, 3.05) is 18.5 Å². The fraction of sp³-hybridized carbons (Fsp3) is 0.176. The first-order valence-electron chi connectivity index (χ1n) is 7.40. The van der Waals surface area contributed by atoms with Crippen LogP contribution < -0.4 is 20.3 Å². The fourth-order valence-electron chi connectivity index (χ4n) is 2.53. The molecule has 3 aromatic rings. The van der Waals surface area contributed by atoms with Crippen molar-refractivity contribution in [2.24, 2.45) is 0 Å². The number of aromatic nitrogens is 2. The van der Waals surface area contributed by atoms with Gasteiger partial charge in [-0.15, -0.1) is 0 Å². The number of nitrogens with one attached hydrogen (secondary N) is 1. The Balaban J connectivity index is 1.49. The van der Waals surface area contributed by atoms with E-state index in [1.807, 2.05) is 30.3 Å². The van der Waals surface area contributed by atoms with Gasteiger partial charge in [0.1, 0.15) is 24.2 Å². The van der Waals surface area contributed by atoms with E-state index < -0.39 is 0 Å². The zero-order valence-electron chi connectivity index (χ0n) is 12.3. The molecule has 0 spiro atoms. The van der Waals surface area contributed by atoms with E-state index in [0.29, 0.717) is 24.6 Å². The van der Waals surface area contributed by atoms with Crippen LogP contribution in [0.25, 0.3) is 5.65 Å². The van der Waals surface area contributed by atoms with Gasteiger partial charge >= 0.3 is 0 Å². The third-order valence-corrected chi connectivity index (χ3v) is 3.65. The minimum absolute atomic E-state index is 0.121. The summed E-state index contributed by atoms with van der Waals surface area (Å²) in [4.78, 5) is 16.5. The maximum absolute atomic E-state index is 12.0. The summed E-state index contributed by atoms with van der Waals surface area (Å²) in [6.45, 7) is 0.959. The van der Waals surface area contributed by atoms with Gasteiger partial charge in [0.05, 0.1) is 6.54 Å². The lowest BCUT2D eigenvalue weighted by atomic mass is 10.2. The molecule has 0 fully saturated rings. The first-order valence-corrected chi connectivity index (χ1v) is 7.40. The number of ether oxygens (including phenoxy) is 2. The van der Waals surface area contributed by atoms with Crippen LogP contribution >= 0.6 is 0 Å². The second kappa shape index (κ2) is 5.64. The molecule has 6 heteroatoms. The number of anilines is 1. The van der Waals surface area contributed by atoms with E-state index in [4.69, 9.17) is 9.47 Å². The van der Waals surface area contributed by atoms with E-state index in [9.17, 15) is 4.79 Å². The molecule has 1 aliphatic heterocycles. The summed E-state index contributed by atoms with van der Waals surface area (Å²) >= 11 is 0. The highest BCUT2D eigenvalue weighted by Gasteiger charge is 2.20. The van der Waals surface area contributed by atoms with Gasteiger partial charge in [0.15, 0.2) is 11.5 Å². The molecule has 0 radical (unpaired) electrons. The molecule has 1 N–H and O–H groups in total. The molecule has 23 heavy (non-hydrogen) atoms. The zero-order valence-corrected chi connectivity index (χ0v) is 12.3. The van der Waals surface area contributed by atoms with Crippen LogP contribution in [0, 0.1) is 0 Å². The summed E-state index contributed by atoms with van der Waals surface area (Å²) in [6.07, 6.45) is 1.56. The van der Waals surface area contributed by atoms with Crippen molar-refractivity contribution in [3.8, 4) is 11.5 Å². The minimum Gasteiger partial charge on any atom is -0.486 e. The Morgan fingerprint density at radius 3 is 2.91 bits per heavy atom. The molecule has 2 aromatic heterocycles. The monoisotopic (exact) mass is 309 g/mol. The molecular weight excluding hydrogens is 294 g/mol. The van der Waals surface area contributed by atoms with Gasteiger partial charge in [0, 0.05) is 12.3 Å². The molecule has 0 amide bonds. The molecule has 116 valence electrons. The Hall–Kier alpha value is -3.02. The average Bonchev–Trinajstić information content (AvgIpc) is 2.60. The SMILES string of the molecule is O=c1cc(NC[C@@H]2COc3ccccc3O2)nc2ccccn12. The molecule has 1 atom stereocenters. The molecule has 1 aliphatic rings. The van der Waals surface area contributed by atoms with E-state index >= 15 is 0 Å². The lowest BCUT2D eigenvalue weighted by Gasteiger charge is -2.26. The molecular formula is C17H15N3O3. The lowest BCUT2D eigenvalue weighted by Crippen LogP contribution is -2.35. The maximum Gasteiger partial charge on any atom is 0.259 e. The third kappa shape index (κ3) is 2.70. The standard InChI is InChI=1S/C17H15N3O3/c21-17-9-15(19-16-7-3-4-8-20(16)17)18-10-12-11-22-13-5-1-2-6-14(13)23-12/h1-9,12,18H,10-11H2/t12-/m1/s1. The number of para-hydroxylation sites is 2. The molecule has 6 nitrogen and oxygen atoms in total. The van der Waals surface area contributed by atoms with Crippen molar-refractivity contribution in [3.63, 3.8) is 0 Å². The first kappa shape index (κ1) is 13.6. The van der Waals surface area contributed by atoms with Crippen LogP contribution in [0.3, 0.4) is 0 Å². The normalized spacial score (nSPS) is 16.3. The lowest BCUT2D eigenvalue weighted by molar-refractivity contribution is 0.0997. The smallest absolute Gasteiger partial charge is 0.259 e. The van der Waals surface area contributed by atoms with Crippen molar-refractivity contribution in [1.29, 1.82) is 0 Å². The summed E-state index contributed by atoms with van der Waals surface area (Å²) < 4.78 is 13.0. The first-order chi connectivity index (χ1) is 11.3. The van der Waals surface area contributed by atoms with Gasteiger partial charge in [0.25, 0.3) is 5.56 Å². The van der Waals surface area contributed by atoms with E-state index in [1.165, 1.54) is 10.5 Å². The zero-order chi connectivity index (χ0) is 15.6. The van der Waals surface area contributed by atoms with Gasteiger partial charge < -0.3 is 14.8 Å². The predicted molar refractivity (Wildman–Crippen MR) is 86.3 cm³/mol. The number of rotatable bonds is 3. The van der Waals surface area contributed by atoms with Crippen molar-refractivity contribution in [3.05, 3.63) is 65.1 Å². The molecule has 1 aromatic carbocycles. The van der Waals surface area contributed by atoms with Crippen LogP contribution in [0.5, 0.6) is 11.5 Å². The van der Waals surface area contributed by atoms with Crippen molar-refractivity contribution < 1.29 is 9.47 Å². The van der Waals surface area contributed by atoms with Crippen LogP contribution in [0.2, 0.25) is 0 Å². The average molecular weight is 309 g/mol. The van der Waals surface area contributed by atoms with Crippen LogP contribution in [0.1, 0.15) is 0 Å². The van der Waals surface area contributed by atoms with Gasteiger partial charge in [-0.1, -0.05) is 18.2 Å². The highest BCUT2D eigenvalue weighted by Crippen LogP contribution is 2.30. The number of hydrogen-bond acceptors (Lipinski definition) is 5. The summed E-state index contributed by atoms with van der Waals surface area (Å²) in [5.74, 6) is 2.02. The molecule has 0 unspecified atom stereocenters. The maximum atomic E-state index is 12.0. The highest BCUT2D eigenvalue weighted by molar-refractivity contribution is 5.46. The van der Waals surface area contributed by atoms with Gasteiger partial charge in [-0.05, 0) is 24.3 Å². The van der Waals surface area contributed by atoms with Gasteiger partial charge in [-0.3, -0.25) is 9.20 Å². The number of hydrogen-bond donors (Lipinski definition) is 1. The van der Waals surface area contributed by atoms with Gasteiger partial charge in [-0.25, -0.2) is 4.98 Å². The molecule has 3 heterocycles. The van der Waals surface area contributed by atoms with Gasteiger partial charge in [0.2, 0.25) is 0 Å². The van der Waals surface area contributed by atoms with Crippen LogP contribution in [0.4, 0.5) is 5.82 Å². The Morgan fingerprint density at radius 2 is 2.00 bits per heavy atom. The fourth-order valence-corrected chi connectivity index (χ4v) is 2.53. The molecule has 0 bridgehead atoms. The highest BCUT2D eigenvalue weighted by atomic mass is 16.6. The summed E-state index contributed by atoms with van der Waals surface area (Å²) in [6, 6.07) is 14.5. The summed E-state index contributed by atoms with van der Waals surface area (Å²) in [5.41, 5.74) is 0.484. The van der Waals surface area contributed by atoms with E-state index in [0.717, 1.165) is 11.5 Å². The summed E-state index contributed by atoms with van der Waals surface area (Å²) in [5, 5.41) is 3.15. The summed E-state index contributed by atoms with van der Waals surface area (Å²) in [7, 11) is 0. The van der Waals surface area contributed by atoms with Gasteiger partial charge in [-0.2, -0.15) is 0 Å². The second-order valence-electron chi connectivity index (χ2n) is 5.29. The number of pyridine rings is 1. The van der Waals surface area contributed by atoms with E-state index in [1.54, 1.807) is 18.3 Å². The van der Waals surface area contributed by atoms with Crippen molar-refractivity contribution in [1.82, 2.24) is 9.38 Å². The minimum atomic E-state index is -0.138. The molecule has 0 saturated heterocycles. The number of benzene rings is 1. The van der Waals surface area contributed by atoms with Crippen molar-refractivity contribution >= 4 is 11.5 Å². The number of nitrogens with zero attached hydrogens (tertiary/aromatic N) is 2.